The molecule has 0 radical (unpaired) electrons. The molecule has 1 aromatic heterocycles. The van der Waals surface area contributed by atoms with Crippen LogP contribution in [-0.4, -0.2) is 59.8 Å². The third-order valence-corrected chi connectivity index (χ3v) is 10.6. The molecule has 0 bridgehead atoms. The molecule has 2 aliphatic heterocycles. The Labute approximate surface area is 220 Å². The lowest BCUT2D eigenvalue weighted by Gasteiger charge is -2.42. The SMILES string of the molecule is C[C@H]1C[C@@H](NC(=O)c2cc(C3CC3)on2)CCN1S(=O)(=O)N1CCC(CC(C)(C)c2ccccc2)CC1. The number of nitrogens with zero attached hydrogens (tertiary/aromatic N) is 3. The fraction of sp³-hybridized carbons (Fsp3) is 0.643. The zero-order valence-corrected chi connectivity index (χ0v) is 23.0. The summed E-state index contributed by atoms with van der Waals surface area (Å²) in [6, 6.07) is 12.1. The molecular formula is C28H40N4O4S. The molecule has 1 aromatic carbocycles. The smallest absolute Gasteiger partial charge is 0.282 e. The second-order valence-electron chi connectivity index (χ2n) is 11.8. The minimum atomic E-state index is -3.53. The maximum atomic E-state index is 13.5. The fourth-order valence-electron chi connectivity index (χ4n) is 6.06. The Kier molecular flexibility index (Phi) is 7.49. The minimum Gasteiger partial charge on any atom is -0.360 e. The number of benzene rings is 1. The molecule has 3 aliphatic rings. The van der Waals surface area contributed by atoms with E-state index in [1.165, 1.54) is 5.56 Å². The normalized spacial score (nSPS) is 24.7. The van der Waals surface area contributed by atoms with Gasteiger partial charge in [-0.05, 0) is 68.8 Å². The van der Waals surface area contributed by atoms with E-state index in [2.05, 4.69) is 48.6 Å². The highest BCUT2D eigenvalue weighted by Gasteiger charge is 2.40. The molecule has 1 saturated carbocycles. The first-order valence-corrected chi connectivity index (χ1v) is 15.1. The molecule has 1 N–H and O–H groups in total. The predicted octanol–water partition coefficient (Wildman–Crippen LogP) is 4.46. The zero-order valence-electron chi connectivity index (χ0n) is 22.2. The minimum absolute atomic E-state index is 0.0687. The largest absolute Gasteiger partial charge is 0.360 e. The van der Waals surface area contributed by atoms with Crippen LogP contribution in [0.3, 0.4) is 0 Å². The highest BCUT2D eigenvalue weighted by Crippen LogP contribution is 2.40. The Morgan fingerprint density at radius 1 is 1.08 bits per heavy atom. The molecule has 0 unspecified atom stereocenters. The van der Waals surface area contributed by atoms with Crippen LogP contribution in [0.15, 0.2) is 40.9 Å². The summed E-state index contributed by atoms with van der Waals surface area (Å²) in [5, 5.41) is 6.96. The Hall–Kier alpha value is -2.23. The van der Waals surface area contributed by atoms with Crippen LogP contribution in [0.5, 0.6) is 0 Å². The van der Waals surface area contributed by atoms with E-state index in [1.807, 2.05) is 13.0 Å². The summed E-state index contributed by atoms with van der Waals surface area (Å²) in [6.45, 7) is 8.04. The van der Waals surface area contributed by atoms with Gasteiger partial charge in [0, 0.05) is 43.7 Å². The molecule has 1 amide bonds. The third kappa shape index (κ3) is 5.94. The number of aromatic nitrogens is 1. The average Bonchev–Trinajstić information content (AvgIpc) is 3.60. The molecule has 9 heteroatoms. The van der Waals surface area contributed by atoms with Crippen LogP contribution in [-0.2, 0) is 15.6 Å². The van der Waals surface area contributed by atoms with Crippen LogP contribution in [0.4, 0.5) is 0 Å². The standard InChI is InChI=1S/C28H40N4O4S/c1-20-17-24(29-27(33)25-18-26(36-30-25)22-9-10-22)13-16-32(20)37(34,35)31-14-11-21(12-15-31)19-28(2,3)23-7-5-4-6-8-23/h4-8,18,20-22,24H,9-17,19H2,1-3H3,(H,29,33)/t20-,24-/m0/s1. The molecule has 0 spiro atoms. The first-order valence-electron chi connectivity index (χ1n) is 13.7. The van der Waals surface area contributed by atoms with E-state index < -0.39 is 10.2 Å². The number of amides is 1. The van der Waals surface area contributed by atoms with Gasteiger partial charge in [-0.3, -0.25) is 4.79 Å². The van der Waals surface area contributed by atoms with E-state index in [0.29, 0.717) is 50.0 Å². The van der Waals surface area contributed by atoms with E-state index >= 15 is 0 Å². The summed E-state index contributed by atoms with van der Waals surface area (Å²) in [7, 11) is -3.53. The van der Waals surface area contributed by atoms with Crippen LogP contribution in [0.25, 0.3) is 0 Å². The first kappa shape index (κ1) is 26.4. The highest BCUT2D eigenvalue weighted by atomic mass is 32.2. The van der Waals surface area contributed by atoms with Crippen molar-refractivity contribution in [3.05, 3.63) is 53.4 Å². The summed E-state index contributed by atoms with van der Waals surface area (Å²) >= 11 is 0. The molecule has 2 atom stereocenters. The molecule has 37 heavy (non-hydrogen) atoms. The lowest BCUT2D eigenvalue weighted by Crippen LogP contribution is -2.55. The maximum Gasteiger partial charge on any atom is 0.282 e. The number of carbonyl (C=O) groups excluding carboxylic acids is 1. The van der Waals surface area contributed by atoms with Crippen molar-refractivity contribution >= 4 is 16.1 Å². The van der Waals surface area contributed by atoms with Gasteiger partial charge in [-0.2, -0.15) is 17.0 Å². The quantitative estimate of drug-likeness (QED) is 0.546. The molecule has 8 nitrogen and oxygen atoms in total. The molecule has 3 heterocycles. The van der Waals surface area contributed by atoms with Crippen molar-refractivity contribution in [2.75, 3.05) is 19.6 Å². The Morgan fingerprint density at radius 3 is 2.43 bits per heavy atom. The Balaban J connectivity index is 1.12. The number of hydrogen-bond acceptors (Lipinski definition) is 5. The van der Waals surface area contributed by atoms with Gasteiger partial charge in [0.25, 0.3) is 16.1 Å². The Morgan fingerprint density at radius 2 is 1.78 bits per heavy atom. The number of piperidine rings is 2. The van der Waals surface area contributed by atoms with Crippen molar-refractivity contribution in [1.29, 1.82) is 0 Å². The van der Waals surface area contributed by atoms with E-state index in [-0.39, 0.29) is 23.4 Å². The third-order valence-electron chi connectivity index (χ3n) is 8.44. The lowest BCUT2D eigenvalue weighted by atomic mass is 9.75. The summed E-state index contributed by atoms with van der Waals surface area (Å²) in [6.07, 6.45) is 6.17. The predicted molar refractivity (Wildman–Crippen MR) is 142 cm³/mol. The number of hydrogen-bond donors (Lipinski definition) is 1. The van der Waals surface area contributed by atoms with Crippen LogP contribution >= 0.6 is 0 Å². The lowest BCUT2D eigenvalue weighted by molar-refractivity contribution is 0.0903. The van der Waals surface area contributed by atoms with Gasteiger partial charge in [0.15, 0.2) is 5.69 Å². The summed E-state index contributed by atoms with van der Waals surface area (Å²) in [4.78, 5) is 12.6. The van der Waals surface area contributed by atoms with Crippen molar-refractivity contribution in [3.63, 3.8) is 0 Å². The second-order valence-corrected chi connectivity index (χ2v) is 13.7. The van der Waals surface area contributed by atoms with Gasteiger partial charge in [-0.25, -0.2) is 0 Å². The van der Waals surface area contributed by atoms with Crippen LogP contribution in [0.1, 0.15) is 93.4 Å². The fourth-order valence-corrected chi connectivity index (χ4v) is 7.91. The van der Waals surface area contributed by atoms with Gasteiger partial charge in [0.2, 0.25) is 0 Å². The maximum absolute atomic E-state index is 13.5. The second kappa shape index (κ2) is 10.5. The number of carbonyl (C=O) groups is 1. The van der Waals surface area contributed by atoms with Crippen molar-refractivity contribution in [3.8, 4) is 0 Å². The van der Waals surface area contributed by atoms with Crippen LogP contribution in [0.2, 0.25) is 0 Å². The van der Waals surface area contributed by atoms with Crippen LogP contribution in [0, 0.1) is 5.92 Å². The topological polar surface area (TPSA) is 95.7 Å². The van der Waals surface area contributed by atoms with Crippen molar-refractivity contribution in [2.24, 2.45) is 5.92 Å². The first-order chi connectivity index (χ1) is 17.6. The molecule has 2 saturated heterocycles. The molecule has 202 valence electrons. The van der Waals surface area contributed by atoms with E-state index in [1.54, 1.807) is 14.7 Å². The van der Waals surface area contributed by atoms with Gasteiger partial charge in [-0.15, -0.1) is 0 Å². The monoisotopic (exact) mass is 528 g/mol. The molecular weight excluding hydrogens is 488 g/mol. The van der Waals surface area contributed by atoms with E-state index in [0.717, 1.165) is 37.9 Å². The average molecular weight is 529 g/mol. The van der Waals surface area contributed by atoms with Gasteiger partial charge >= 0.3 is 0 Å². The number of rotatable bonds is 8. The van der Waals surface area contributed by atoms with Gasteiger partial charge in [0.05, 0.1) is 0 Å². The summed E-state index contributed by atoms with van der Waals surface area (Å²) in [5.74, 6) is 1.46. The van der Waals surface area contributed by atoms with Crippen LogP contribution < -0.4 is 5.32 Å². The van der Waals surface area contributed by atoms with E-state index in [9.17, 15) is 13.2 Å². The molecule has 3 fully saturated rings. The Bertz CT molecular complexity index is 1180. The number of nitrogens with one attached hydrogen (secondary N) is 1. The van der Waals surface area contributed by atoms with Crippen molar-refractivity contribution < 1.29 is 17.7 Å². The molecule has 1 aliphatic carbocycles. The molecule has 5 rings (SSSR count). The van der Waals surface area contributed by atoms with Crippen molar-refractivity contribution in [1.82, 2.24) is 19.1 Å². The highest BCUT2D eigenvalue weighted by molar-refractivity contribution is 7.86. The molecule has 2 aromatic rings. The summed E-state index contributed by atoms with van der Waals surface area (Å²) in [5.41, 5.74) is 1.71. The van der Waals surface area contributed by atoms with Gasteiger partial charge in [-0.1, -0.05) is 49.3 Å². The van der Waals surface area contributed by atoms with Gasteiger partial charge in [0.1, 0.15) is 5.76 Å². The van der Waals surface area contributed by atoms with Gasteiger partial charge < -0.3 is 9.84 Å². The zero-order chi connectivity index (χ0) is 26.2. The summed E-state index contributed by atoms with van der Waals surface area (Å²) < 4.78 is 35.7. The van der Waals surface area contributed by atoms with Crippen molar-refractivity contribution in [2.45, 2.75) is 89.1 Å². The van der Waals surface area contributed by atoms with E-state index in [4.69, 9.17) is 4.52 Å².